The van der Waals surface area contributed by atoms with Crippen molar-refractivity contribution in [3.05, 3.63) is 35.6 Å². The van der Waals surface area contributed by atoms with E-state index in [1.807, 2.05) is 9.80 Å². The molecule has 1 unspecified atom stereocenters. The van der Waals surface area contributed by atoms with E-state index in [0.717, 1.165) is 31.2 Å². The van der Waals surface area contributed by atoms with E-state index in [9.17, 15) is 18.8 Å². The van der Waals surface area contributed by atoms with E-state index in [1.54, 1.807) is 17.0 Å². The van der Waals surface area contributed by atoms with Gasteiger partial charge in [-0.25, -0.2) is 9.18 Å². The molecule has 2 aliphatic heterocycles. The number of rotatable bonds is 4. The van der Waals surface area contributed by atoms with Crippen LogP contribution in [-0.2, 0) is 16.0 Å². The average Bonchev–Trinajstić information content (AvgIpc) is 2.86. The van der Waals surface area contributed by atoms with Crippen molar-refractivity contribution in [1.29, 1.82) is 0 Å². The molecule has 1 N–H and O–H groups in total. The average molecular weight is 459 g/mol. The van der Waals surface area contributed by atoms with Crippen LogP contribution in [0.3, 0.4) is 0 Å². The van der Waals surface area contributed by atoms with Crippen molar-refractivity contribution < 1.29 is 18.8 Å². The molecular weight excluding hydrogens is 423 g/mol. The van der Waals surface area contributed by atoms with E-state index in [1.165, 1.54) is 31.4 Å². The zero-order chi connectivity index (χ0) is 23.2. The second kappa shape index (κ2) is 11.0. The van der Waals surface area contributed by atoms with E-state index in [2.05, 4.69) is 5.32 Å². The molecule has 2 saturated heterocycles. The van der Waals surface area contributed by atoms with E-state index in [0.29, 0.717) is 39.3 Å². The molecule has 3 aliphatic rings. The number of hydrogen-bond donors (Lipinski definition) is 1. The highest BCUT2D eigenvalue weighted by Gasteiger charge is 2.33. The van der Waals surface area contributed by atoms with E-state index in [-0.39, 0.29) is 42.0 Å². The molecular formula is C25H35FN4O3. The van der Waals surface area contributed by atoms with Gasteiger partial charge in [0.15, 0.2) is 0 Å². The number of carbonyl (C=O) groups is 3. The summed E-state index contributed by atoms with van der Waals surface area (Å²) < 4.78 is 13.1. The molecule has 180 valence electrons. The van der Waals surface area contributed by atoms with Crippen LogP contribution in [0.15, 0.2) is 24.3 Å². The standard InChI is InChI=1S/C25H35FN4O3/c26-21-10-8-19(9-11-21)17-23(31)30-12-4-5-20(18-30)24(32)28-13-15-29(16-14-28)25(33)27-22-6-2-1-3-7-22/h8-11,20,22H,1-7,12-18H2,(H,27,33). The normalized spacial score (nSPS) is 22.2. The number of piperazine rings is 1. The Kier molecular flexibility index (Phi) is 7.83. The quantitative estimate of drug-likeness (QED) is 0.754. The molecule has 33 heavy (non-hydrogen) atoms. The molecule has 4 rings (SSSR count). The van der Waals surface area contributed by atoms with Crippen LogP contribution in [0.2, 0.25) is 0 Å². The summed E-state index contributed by atoms with van der Waals surface area (Å²) in [6.07, 6.45) is 7.52. The molecule has 1 aromatic carbocycles. The Hall–Kier alpha value is -2.64. The fourth-order valence-corrected chi connectivity index (χ4v) is 5.19. The topological polar surface area (TPSA) is 73.0 Å². The number of hydrogen-bond acceptors (Lipinski definition) is 3. The molecule has 1 saturated carbocycles. The number of piperidine rings is 1. The lowest BCUT2D eigenvalue weighted by Crippen LogP contribution is -2.56. The Morgan fingerprint density at radius 3 is 2.18 bits per heavy atom. The third-order valence-corrected chi connectivity index (χ3v) is 7.20. The second-order valence-electron chi connectivity index (χ2n) is 9.58. The third kappa shape index (κ3) is 6.24. The van der Waals surface area contributed by atoms with Gasteiger partial charge in [-0.3, -0.25) is 9.59 Å². The molecule has 2 heterocycles. The van der Waals surface area contributed by atoms with Crippen LogP contribution in [-0.4, -0.2) is 77.9 Å². The van der Waals surface area contributed by atoms with Crippen molar-refractivity contribution in [2.45, 2.75) is 57.4 Å². The smallest absolute Gasteiger partial charge is 0.317 e. The van der Waals surface area contributed by atoms with Crippen LogP contribution in [0, 0.1) is 11.7 Å². The summed E-state index contributed by atoms with van der Waals surface area (Å²) in [6, 6.07) is 6.25. The maximum atomic E-state index is 13.1. The van der Waals surface area contributed by atoms with Gasteiger partial charge in [0.2, 0.25) is 11.8 Å². The molecule has 0 aromatic heterocycles. The number of benzene rings is 1. The lowest BCUT2D eigenvalue weighted by atomic mass is 9.95. The van der Waals surface area contributed by atoms with E-state index < -0.39 is 0 Å². The maximum absolute atomic E-state index is 13.1. The summed E-state index contributed by atoms with van der Waals surface area (Å²) in [7, 11) is 0. The van der Waals surface area contributed by atoms with Crippen LogP contribution in [0.1, 0.15) is 50.5 Å². The van der Waals surface area contributed by atoms with Crippen molar-refractivity contribution in [2.24, 2.45) is 5.92 Å². The first-order valence-corrected chi connectivity index (χ1v) is 12.4. The number of nitrogens with zero attached hydrogens (tertiary/aromatic N) is 3. The summed E-state index contributed by atoms with van der Waals surface area (Å²) in [5, 5.41) is 3.16. The zero-order valence-electron chi connectivity index (χ0n) is 19.3. The Morgan fingerprint density at radius 2 is 1.48 bits per heavy atom. The minimum absolute atomic E-state index is 0.00997. The van der Waals surface area contributed by atoms with Gasteiger partial charge in [0.1, 0.15) is 5.82 Å². The van der Waals surface area contributed by atoms with Crippen LogP contribution >= 0.6 is 0 Å². The lowest BCUT2D eigenvalue weighted by Gasteiger charge is -2.39. The highest BCUT2D eigenvalue weighted by atomic mass is 19.1. The number of carbonyl (C=O) groups excluding carboxylic acids is 3. The van der Waals surface area contributed by atoms with Gasteiger partial charge in [-0.15, -0.1) is 0 Å². The van der Waals surface area contributed by atoms with Gasteiger partial charge < -0.3 is 20.0 Å². The van der Waals surface area contributed by atoms with Crippen molar-refractivity contribution >= 4 is 17.8 Å². The van der Waals surface area contributed by atoms with E-state index >= 15 is 0 Å². The first-order chi connectivity index (χ1) is 16.0. The van der Waals surface area contributed by atoms with Crippen LogP contribution < -0.4 is 5.32 Å². The Bertz CT molecular complexity index is 833. The third-order valence-electron chi connectivity index (χ3n) is 7.20. The van der Waals surface area contributed by atoms with Gasteiger partial charge in [0.25, 0.3) is 0 Å². The van der Waals surface area contributed by atoms with Crippen LogP contribution in [0.5, 0.6) is 0 Å². The van der Waals surface area contributed by atoms with Crippen molar-refractivity contribution in [2.75, 3.05) is 39.3 Å². The summed E-state index contributed by atoms with van der Waals surface area (Å²) in [6.45, 7) is 3.25. The fourth-order valence-electron chi connectivity index (χ4n) is 5.19. The van der Waals surface area contributed by atoms with Crippen molar-refractivity contribution in [3.63, 3.8) is 0 Å². The van der Waals surface area contributed by atoms with Crippen molar-refractivity contribution in [1.82, 2.24) is 20.0 Å². The Labute approximate surface area is 195 Å². The molecule has 7 nitrogen and oxygen atoms in total. The molecule has 3 fully saturated rings. The van der Waals surface area contributed by atoms with Gasteiger partial charge in [-0.05, 0) is 43.4 Å². The number of urea groups is 1. The lowest BCUT2D eigenvalue weighted by molar-refractivity contribution is -0.141. The first-order valence-electron chi connectivity index (χ1n) is 12.4. The van der Waals surface area contributed by atoms with E-state index in [4.69, 9.17) is 0 Å². The van der Waals surface area contributed by atoms with Gasteiger partial charge in [0, 0.05) is 45.3 Å². The van der Waals surface area contributed by atoms with Gasteiger partial charge >= 0.3 is 6.03 Å². The van der Waals surface area contributed by atoms with Crippen molar-refractivity contribution in [3.8, 4) is 0 Å². The largest absolute Gasteiger partial charge is 0.342 e. The summed E-state index contributed by atoms with van der Waals surface area (Å²) in [4.78, 5) is 43.9. The number of amides is 4. The maximum Gasteiger partial charge on any atom is 0.317 e. The van der Waals surface area contributed by atoms with Gasteiger partial charge in [0.05, 0.1) is 12.3 Å². The molecule has 1 aliphatic carbocycles. The Balaban J connectivity index is 1.23. The van der Waals surface area contributed by atoms with Crippen LogP contribution in [0.25, 0.3) is 0 Å². The molecule has 0 radical (unpaired) electrons. The van der Waals surface area contributed by atoms with Crippen LogP contribution in [0.4, 0.5) is 9.18 Å². The Morgan fingerprint density at radius 1 is 0.818 bits per heavy atom. The number of nitrogens with one attached hydrogen (secondary N) is 1. The number of halogens is 1. The molecule has 1 atom stereocenters. The molecule has 8 heteroatoms. The summed E-state index contributed by atoms with van der Waals surface area (Å²) in [5.74, 6) is -0.454. The highest BCUT2D eigenvalue weighted by Crippen LogP contribution is 2.21. The SMILES string of the molecule is O=C(Cc1ccc(F)cc1)N1CCCC(C(=O)N2CCN(C(=O)NC3CCCCC3)CC2)C1. The number of likely N-dealkylation sites (tertiary alicyclic amines) is 1. The second-order valence-corrected chi connectivity index (χ2v) is 9.58. The molecule has 0 spiro atoms. The molecule has 1 aromatic rings. The minimum Gasteiger partial charge on any atom is -0.342 e. The molecule has 4 amide bonds. The highest BCUT2D eigenvalue weighted by molar-refractivity contribution is 5.83. The zero-order valence-corrected chi connectivity index (χ0v) is 19.3. The molecule has 0 bridgehead atoms. The fraction of sp³-hybridized carbons (Fsp3) is 0.640. The van der Waals surface area contributed by atoms with Gasteiger partial charge in [-0.2, -0.15) is 0 Å². The predicted molar refractivity (Wildman–Crippen MR) is 123 cm³/mol. The minimum atomic E-state index is -0.318. The predicted octanol–water partition coefficient (Wildman–Crippen LogP) is 2.79. The summed E-state index contributed by atoms with van der Waals surface area (Å²) in [5.41, 5.74) is 0.775. The van der Waals surface area contributed by atoms with Gasteiger partial charge in [-0.1, -0.05) is 31.4 Å². The first kappa shape index (κ1) is 23.5. The summed E-state index contributed by atoms with van der Waals surface area (Å²) >= 11 is 0. The monoisotopic (exact) mass is 458 g/mol.